The number of hydrogen-bond donors (Lipinski definition) is 2. The lowest BCUT2D eigenvalue weighted by atomic mass is 9.76. The molecule has 1 atom stereocenters. The van der Waals surface area contributed by atoms with Gasteiger partial charge in [0.15, 0.2) is 5.78 Å². The lowest BCUT2D eigenvalue weighted by molar-refractivity contribution is -0.116. The van der Waals surface area contributed by atoms with Crippen molar-refractivity contribution in [1.82, 2.24) is 20.5 Å². The van der Waals surface area contributed by atoms with Crippen LogP contribution in [0.4, 0.5) is 0 Å². The van der Waals surface area contributed by atoms with E-state index in [1.54, 1.807) is 0 Å². The van der Waals surface area contributed by atoms with E-state index >= 15 is 0 Å². The Labute approximate surface area is 146 Å². The molecule has 6 nitrogen and oxygen atoms in total. The highest BCUT2D eigenvalue weighted by Crippen LogP contribution is 2.45. The minimum absolute atomic E-state index is 0.134. The second-order valence-electron chi connectivity index (χ2n) is 6.82. The fourth-order valence-corrected chi connectivity index (χ4v) is 4.40. The van der Waals surface area contributed by atoms with Crippen LogP contribution < -0.4 is 10.6 Å². The molecule has 1 aliphatic carbocycles. The van der Waals surface area contributed by atoms with E-state index < -0.39 is 0 Å². The summed E-state index contributed by atoms with van der Waals surface area (Å²) in [5.74, 6) is 2.15. The normalized spacial score (nSPS) is 25.4. The first-order valence-corrected chi connectivity index (χ1v) is 9.06. The van der Waals surface area contributed by atoms with Gasteiger partial charge in [-0.25, -0.2) is 0 Å². The topological polar surface area (TPSA) is 69.6 Å². The number of Topliss-reactive ketones (excluding diaryl/α,β-unsaturated/α-hetero) is 1. The summed E-state index contributed by atoms with van der Waals surface area (Å²) in [6.45, 7) is 3.43. The Kier molecular flexibility index (Phi) is 3.36. The average molecular weight is 335 g/mol. The summed E-state index contributed by atoms with van der Waals surface area (Å²) in [5.41, 5.74) is 4.12. The van der Waals surface area contributed by atoms with Crippen molar-refractivity contribution in [2.75, 3.05) is 26.2 Å². The molecule has 0 aromatic carbocycles. The van der Waals surface area contributed by atoms with Crippen LogP contribution in [0.2, 0.25) is 0 Å². The Morgan fingerprint density at radius 2 is 2.00 bits per heavy atom. The highest BCUT2D eigenvalue weighted by atomic mass is 16.1. The molecule has 6 heteroatoms. The molecule has 25 heavy (non-hydrogen) atoms. The number of rotatable bonds is 1. The number of amidine groups is 1. The Balaban J connectivity index is 1.78. The Morgan fingerprint density at radius 3 is 2.80 bits per heavy atom. The fraction of sp³-hybridized carbons (Fsp3) is 0.421. The number of carbonyl (C=O) groups excluding carboxylic acids is 1. The molecule has 5 rings (SSSR count). The highest BCUT2D eigenvalue weighted by molar-refractivity contribution is 6.10. The van der Waals surface area contributed by atoms with Gasteiger partial charge in [-0.05, 0) is 25.0 Å². The van der Waals surface area contributed by atoms with Gasteiger partial charge in [-0.2, -0.15) is 0 Å². The summed E-state index contributed by atoms with van der Waals surface area (Å²) in [5, 5.41) is 6.90. The number of aromatic nitrogens is 1. The molecule has 1 saturated heterocycles. The van der Waals surface area contributed by atoms with Crippen LogP contribution in [0.5, 0.6) is 0 Å². The zero-order valence-electron chi connectivity index (χ0n) is 14.1. The van der Waals surface area contributed by atoms with Crippen molar-refractivity contribution in [3.8, 4) is 0 Å². The van der Waals surface area contributed by atoms with Crippen LogP contribution in [0, 0.1) is 0 Å². The summed E-state index contributed by atoms with van der Waals surface area (Å²) in [4.78, 5) is 24.6. The van der Waals surface area contributed by atoms with Crippen LogP contribution in [-0.2, 0) is 4.79 Å². The molecule has 0 amide bonds. The number of nitrogens with zero attached hydrogens (tertiary/aromatic N) is 3. The van der Waals surface area contributed by atoms with Gasteiger partial charge in [0.1, 0.15) is 11.7 Å². The van der Waals surface area contributed by atoms with E-state index in [4.69, 9.17) is 4.99 Å². The first kappa shape index (κ1) is 14.7. The SMILES string of the molecule is O=C1CCCC2=C1C(c1ccccn1)C(=C1NCCN1)C1=NCCN12. The summed E-state index contributed by atoms with van der Waals surface area (Å²) >= 11 is 0. The molecular weight excluding hydrogens is 314 g/mol. The Hall–Kier alpha value is -2.63. The van der Waals surface area contributed by atoms with E-state index in [-0.39, 0.29) is 11.7 Å². The molecule has 1 aromatic heterocycles. The number of aliphatic imine (C=N–C) groups is 1. The predicted molar refractivity (Wildman–Crippen MR) is 94.9 cm³/mol. The molecule has 0 spiro atoms. The maximum atomic E-state index is 12.9. The molecule has 1 unspecified atom stereocenters. The minimum Gasteiger partial charge on any atom is -0.370 e. The van der Waals surface area contributed by atoms with Gasteiger partial charge in [-0.3, -0.25) is 14.8 Å². The standard InChI is InChI=1S/C19H21N5O/c25-14-6-3-5-13-16(14)15(12-4-1-2-7-20-12)17(18-21-8-9-22-18)19-23-10-11-24(13)19/h1-2,4,7,15,21-22H,3,5-6,8-11H2. The quantitative estimate of drug-likeness (QED) is 0.810. The van der Waals surface area contributed by atoms with Crippen LogP contribution in [0.25, 0.3) is 0 Å². The van der Waals surface area contributed by atoms with Gasteiger partial charge in [0.2, 0.25) is 0 Å². The van der Waals surface area contributed by atoms with E-state index in [0.717, 1.165) is 67.5 Å². The summed E-state index contributed by atoms with van der Waals surface area (Å²) in [7, 11) is 0. The number of fused-ring (bicyclic) bond motifs is 2. The first-order valence-electron chi connectivity index (χ1n) is 9.06. The van der Waals surface area contributed by atoms with E-state index in [1.807, 2.05) is 24.4 Å². The summed E-state index contributed by atoms with van der Waals surface area (Å²) < 4.78 is 0. The zero-order valence-corrected chi connectivity index (χ0v) is 14.1. The summed E-state index contributed by atoms with van der Waals surface area (Å²) in [6, 6.07) is 5.94. The zero-order chi connectivity index (χ0) is 16.8. The molecule has 4 aliphatic rings. The summed E-state index contributed by atoms with van der Waals surface area (Å²) in [6.07, 6.45) is 4.32. The van der Waals surface area contributed by atoms with Gasteiger partial charge in [0.05, 0.1) is 18.2 Å². The molecule has 0 bridgehead atoms. The van der Waals surface area contributed by atoms with Crippen LogP contribution in [0.3, 0.4) is 0 Å². The van der Waals surface area contributed by atoms with Crippen molar-refractivity contribution in [1.29, 1.82) is 0 Å². The molecular formula is C19H21N5O. The predicted octanol–water partition coefficient (Wildman–Crippen LogP) is 1.30. The smallest absolute Gasteiger partial charge is 0.161 e. The monoisotopic (exact) mass is 335 g/mol. The van der Waals surface area contributed by atoms with Gasteiger partial charge < -0.3 is 15.5 Å². The number of nitrogens with one attached hydrogen (secondary N) is 2. The minimum atomic E-state index is -0.134. The molecule has 0 saturated carbocycles. The van der Waals surface area contributed by atoms with Gasteiger partial charge in [-0.1, -0.05) is 6.07 Å². The number of carbonyl (C=O) groups is 1. The van der Waals surface area contributed by atoms with Crippen LogP contribution in [-0.4, -0.2) is 47.7 Å². The van der Waals surface area contributed by atoms with Crippen molar-refractivity contribution in [2.45, 2.75) is 25.2 Å². The Morgan fingerprint density at radius 1 is 1.12 bits per heavy atom. The molecule has 3 aliphatic heterocycles. The van der Waals surface area contributed by atoms with Crippen molar-refractivity contribution in [2.24, 2.45) is 4.99 Å². The van der Waals surface area contributed by atoms with Gasteiger partial charge in [-0.15, -0.1) is 0 Å². The first-order chi connectivity index (χ1) is 12.3. The molecule has 1 fully saturated rings. The number of allylic oxidation sites excluding steroid dienone is 2. The molecule has 128 valence electrons. The molecule has 1 aromatic rings. The van der Waals surface area contributed by atoms with Crippen molar-refractivity contribution < 1.29 is 4.79 Å². The highest BCUT2D eigenvalue weighted by Gasteiger charge is 2.44. The van der Waals surface area contributed by atoms with Crippen LogP contribution >= 0.6 is 0 Å². The fourth-order valence-electron chi connectivity index (χ4n) is 4.40. The van der Waals surface area contributed by atoms with E-state index in [2.05, 4.69) is 20.5 Å². The third-order valence-electron chi connectivity index (χ3n) is 5.40. The number of pyridine rings is 1. The van der Waals surface area contributed by atoms with E-state index in [1.165, 1.54) is 5.70 Å². The van der Waals surface area contributed by atoms with Crippen LogP contribution in [0.15, 0.2) is 52.1 Å². The lowest BCUT2D eigenvalue weighted by Crippen LogP contribution is -2.42. The van der Waals surface area contributed by atoms with Crippen molar-refractivity contribution >= 4 is 11.6 Å². The molecule has 4 heterocycles. The Bertz CT molecular complexity index is 815. The van der Waals surface area contributed by atoms with E-state index in [9.17, 15) is 4.79 Å². The number of ketones is 1. The van der Waals surface area contributed by atoms with E-state index in [0.29, 0.717) is 6.42 Å². The molecule has 2 N–H and O–H groups in total. The van der Waals surface area contributed by atoms with Crippen molar-refractivity contribution in [3.63, 3.8) is 0 Å². The van der Waals surface area contributed by atoms with Crippen molar-refractivity contribution in [3.05, 3.63) is 52.8 Å². The average Bonchev–Trinajstić information content (AvgIpc) is 3.34. The maximum absolute atomic E-state index is 12.9. The third-order valence-corrected chi connectivity index (χ3v) is 5.40. The number of hydrogen-bond acceptors (Lipinski definition) is 6. The second kappa shape index (κ2) is 5.72. The third kappa shape index (κ3) is 2.20. The maximum Gasteiger partial charge on any atom is 0.161 e. The lowest BCUT2D eigenvalue weighted by Gasteiger charge is -2.39. The van der Waals surface area contributed by atoms with Crippen LogP contribution in [0.1, 0.15) is 30.9 Å². The second-order valence-corrected chi connectivity index (χ2v) is 6.82. The van der Waals surface area contributed by atoms with Gasteiger partial charge in [0.25, 0.3) is 0 Å². The van der Waals surface area contributed by atoms with Gasteiger partial charge in [0, 0.05) is 49.1 Å². The van der Waals surface area contributed by atoms with Gasteiger partial charge >= 0.3 is 0 Å². The largest absolute Gasteiger partial charge is 0.370 e. The molecule has 0 radical (unpaired) electrons.